The molecule has 5 aliphatic rings. The fraction of sp³-hybridized carbons (Fsp3) is 0.840. The summed E-state index contributed by atoms with van der Waals surface area (Å²) in [6.45, 7) is 6.79. The summed E-state index contributed by atoms with van der Waals surface area (Å²) in [7, 11) is 1.66. The molecule has 3 saturated carbocycles. The average molecular weight is 417 g/mol. The van der Waals surface area contributed by atoms with Gasteiger partial charge in [-0.25, -0.2) is 0 Å². The summed E-state index contributed by atoms with van der Waals surface area (Å²) >= 11 is 0. The Morgan fingerprint density at radius 3 is 2.73 bits per heavy atom. The molecule has 5 heteroatoms. The maximum atomic E-state index is 13.1. The second kappa shape index (κ2) is 6.90. The van der Waals surface area contributed by atoms with Gasteiger partial charge < -0.3 is 14.2 Å². The van der Waals surface area contributed by atoms with Crippen LogP contribution in [0.15, 0.2) is 11.6 Å². The van der Waals surface area contributed by atoms with Crippen LogP contribution in [0.1, 0.15) is 72.1 Å². The number of hydrogen-bond donors (Lipinski definition) is 0. The number of methoxy groups -OCH3 is 1. The molecular weight excluding hydrogens is 380 g/mol. The first kappa shape index (κ1) is 20.7. The van der Waals surface area contributed by atoms with Gasteiger partial charge in [0.25, 0.3) is 0 Å². The molecule has 0 aromatic carbocycles. The third-order valence-corrected chi connectivity index (χ3v) is 9.77. The van der Waals surface area contributed by atoms with Crippen molar-refractivity contribution >= 4 is 11.8 Å². The Hall–Kier alpha value is -1.20. The molecule has 0 radical (unpaired) electrons. The largest absolute Gasteiger partial charge is 0.462 e. The van der Waals surface area contributed by atoms with Crippen LogP contribution in [-0.4, -0.2) is 43.3 Å². The smallest absolute Gasteiger partial charge is 0.302 e. The van der Waals surface area contributed by atoms with E-state index in [-0.39, 0.29) is 34.8 Å². The molecule has 4 aliphatic carbocycles. The summed E-state index contributed by atoms with van der Waals surface area (Å²) in [5.41, 5.74) is 1.14. The lowest BCUT2D eigenvalue weighted by Gasteiger charge is -2.58. The highest BCUT2D eigenvalue weighted by Crippen LogP contribution is 2.73. The topological polar surface area (TPSA) is 65.1 Å². The lowest BCUT2D eigenvalue weighted by molar-refractivity contribution is -0.149. The minimum Gasteiger partial charge on any atom is -0.462 e. The van der Waals surface area contributed by atoms with Crippen molar-refractivity contribution in [3.05, 3.63) is 11.6 Å². The molecule has 166 valence electrons. The lowest BCUT2D eigenvalue weighted by atomic mass is 9.47. The molecule has 1 saturated heterocycles. The summed E-state index contributed by atoms with van der Waals surface area (Å²) < 4.78 is 16.9. The van der Waals surface area contributed by atoms with Crippen molar-refractivity contribution in [2.45, 2.75) is 89.9 Å². The van der Waals surface area contributed by atoms with Crippen molar-refractivity contribution in [2.24, 2.45) is 28.6 Å². The van der Waals surface area contributed by atoms with E-state index in [9.17, 15) is 9.59 Å². The molecule has 4 fully saturated rings. The van der Waals surface area contributed by atoms with Gasteiger partial charge in [-0.15, -0.1) is 0 Å². The van der Waals surface area contributed by atoms with Crippen LogP contribution < -0.4 is 0 Å². The molecule has 7 unspecified atom stereocenters. The maximum Gasteiger partial charge on any atom is 0.302 e. The fourth-order valence-electron chi connectivity index (χ4n) is 8.26. The highest BCUT2D eigenvalue weighted by atomic mass is 16.6. The van der Waals surface area contributed by atoms with E-state index >= 15 is 0 Å². The third-order valence-electron chi connectivity index (χ3n) is 9.77. The molecule has 0 N–H and O–H groups in total. The number of Topliss-reactive ketones (excluding diaryl/α,β-unsaturated/α-hetero) is 1. The molecular formula is C25H36O5. The fourth-order valence-corrected chi connectivity index (χ4v) is 8.26. The lowest BCUT2D eigenvalue weighted by Crippen LogP contribution is -2.54. The maximum absolute atomic E-state index is 13.1. The Morgan fingerprint density at radius 1 is 1.20 bits per heavy atom. The molecule has 5 rings (SSSR count). The standard InChI is InChI=1S/C25H36O5/c1-15(26)29-17-7-10-23(2)16(13-17)5-6-18-19(23)8-11-24(3)20(18)14-22-25(24,30-22)21(27)9-12-28-4/h5,17-20,22H,6-14H2,1-4H3/t17?,18?,19?,20?,22?,23?,24?,25-/m1/s1. The van der Waals surface area contributed by atoms with Gasteiger partial charge in [-0.1, -0.05) is 25.5 Å². The second-order valence-electron chi connectivity index (χ2n) is 10.9. The number of hydrogen-bond acceptors (Lipinski definition) is 5. The number of carbonyl (C=O) groups excluding carboxylic acids is 2. The number of fused-ring (bicyclic) bond motifs is 7. The van der Waals surface area contributed by atoms with Crippen LogP contribution in [-0.2, 0) is 23.8 Å². The Kier molecular flexibility index (Phi) is 4.76. The highest BCUT2D eigenvalue weighted by molar-refractivity contribution is 5.92. The van der Waals surface area contributed by atoms with Crippen LogP contribution >= 0.6 is 0 Å². The Morgan fingerprint density at radius 2 is 2.00 bits per heavy atom. The predicted octanol–water partition coefficient (Wildman–Crippen LogP) is 4.23. The van der Waals surface area contributed by atoms with E-state index in [2.05, 4.69) is 19.9 Å². The summed E-state index contributed by atoms with van der Waals surface area (Å²) in [6, 6.07) is 0. The summed E-state index contributed by atoms with van der Waals surface area (Å²) in [4.78, 5) is 24.6. The average Bonchev–Trinajstić information content (AvgIpc) is 3.38. The first-order valence-corrected chi connectivity index (χ1v) is 11.8. The van der Waals surface area contributed by atoms with E-state index in [4.69, 9.17) is 14.2 Å². The minimum atomic E-state index is -0.543. The van der Waals surface area contributed by atoms with Crippen LogP contribution in [0.5, 0.6) is 0 Å². The van der Waals surface area contributed by atoms with E-state index in [0.29, 0.717) is 30.8 Å². The molecule has 30 heavy (non-hydrogen) atoms. The van der Waals surface area contributed by atoms with E-state index in [1.54, 1.807) is 7.11 Å². The molecule has 0 aromatic rings. The number of allylic oxidation sites excluding steroid dienone is 1. The van der Waals surface area contributed by atoms with Crippen molar-refractivity contribution in [3.63, 3.8) is 0 Å². The first-order valence-electron chi connectivity index (χ1n) is 11.8. The van der Waals surface area contributed by atoms with Crippen LogP contribution in [0.2, 0.25) is 0 Å². The van der Waals surface area contributed by atoms with Gasteiger partial charge in [-0.2, -0.15) is 0 Å². The van der Waals surface area contributed by atoms with E-state index in [0.717, 1.165) is 38.5 Å². The van der Waals surface area contributed by atoms with Crippen molar-refractivity contribution in [1.82, 2.24) is 0 Å². The Balaban J connectivity index is 1.38. The predicted molar refractivity (Wildman–Crippen MR) is 112 cm³/mol. The molecule has 0 amide bonds. The molecule has 1 heterocycles. The zero-order valence-corrected chi connectivity index (χ0v) is 18.9. The summed E-state index contributed by atoms with van der Waals surface area (Å²) in [5, 5.41) is 0. The zero-order valence-electron chi connectivity index (χ0n) is 18.9. The molecule has 0 bridgehead atoms. The van der Waals surface area contributed by atoms with Crippen LogP contribution in [0.4, 0.5) is 0 Å². The molecule has 8 atom stereocenters. The molecule has 0 aromatic heterocycles. The van der Waals surface area contributed by atoms with Crippen molar-refractivity contribution < 1.29 is 23.8 Å². The van der Waals surface area contributed by atoms with Crippen LogP contribution in [0.25, 0.3) is 0 Å². The van der Waals surface area contributed by atoms with Crippen molar-refractivity contribution in [1.29, 1.82) is 0 Å². The van der Waals surface area contributed by atoms with Crippen LogP contribution in [0, 0.1) is 28.6 Å². The van der Waals surface area contributed by atoms with Gasteiger partial charge in [0.15, 0.2) is 11.4 Å². The van der Waals surface area contributed by atoms with Gasteiger partial charge in [0.2, 0.25) is 0 Å². The summed E-state index contributed by atoms with van der Waals surface area (Å²) in [6.07, 6.45) is 10.4. The first-order chi connectivity index (χ1) is 14.3. The second-order valence-corrected chi connectivity index (χ2v) is 10.9. The van der Waals surface area contributed by atoms with Gasteiger partial charge in [0, 0.05) is 32.3 Å². The summed E-state index contributed by atoms with van der Waals surface area (Å²) in [5.74, 6) is 1.95. The van der Waals surface area contributed by atoms with Crippen molar-refractivity contribution in [2.75, 3.05) is 13.7 Å². The third kappa shape index (κ3) is 2.67. The monoisotopic (exact) mass is 416 g/mol. The number of epoxide rings is 1. The highest BCUT2D eigenvalue weighted by Gasteiger charge is 2.79. The Labute approximate surface area is 179 Å². The number of ketones is 1. The van der Waals surface area contributed by atoms with Gasteiger partial charge in [-0.3, -0.25) is 9.59 Å². The number of esters is 1. The molecule has 5 nitrogen and oxygen atoms in total. The molecule has 0 spiro atoms. The van der Waals surface area contributed by atoms with E-state index in [1.165, 1.54) is 18.9 Å². The quantitative estimate of drug-likeness (QED) is 0.381. The Bertz CT molecular complexity index is 788. The number of carbonyl (C=O) groups is 2. The SMILES string of the molecule is COCCC(=O)[C@@]12OC1CC1C3CC=C4CC(OC(C)=O)CCC4(C)C3CCC12C. The number of ether oxygens (including phenoxy) is 3. The van der Waals surface area contributed by atoms with E-state index < -0.39 is 5.60 Å². The van der Waals surface area contributed by atoms with Gasteiger partial charge in [0.1, 0.15) is 6.10 Å². The van der Waals surface area contributed by atoms with Gasteiger partial charge in [0.05, 0.1) is 12.7 Å². The van der Waals surface area contributed by atoms with Crippen LogP contribution in [0.3, 0.4) is 0 Å². The number of rotatable bonds is 5. The minimum absolute atomic E-state index is 0.0414. The van der Waals surface area contributed by atoms with Gasteiger partial charge >= 0.3 is 5.97 Å². The normalized spacial score (nSPS) is 48.5. The van der Waals surface area contributed by atoms with E-state index in [1.807, 2.05) is 0 Å². The molecule has 1 aliphatic heterocycles. The van der Waals surface area contributed by atoms with Crippen molar-refractivity contribution in [3.8, 4) is 0 Å². The van der Waals surface area contributed by atoms with Gasteiger partial charge in [-0.05, 0) is 61.7 Å². The zero-order chi connectivity index (χ0) is 21.3.